The van der Waals surface area contributed by atoms with Crippen LogP contribution in [0.5, 0.6) is 0 Å². The second-order valence-corrected chi connectivity index (χ2v) is 8.66. The second kappa shape index (κ2) is 14.0. The van der Waals surface area contributed by atoms with Crippen LogP contribution in [0.4, 0.5) is 4.79 Å². The summed E-state index contributed by atoms with van der Waals surface area (Å²) in [5.41, 5.74) is 1.92. The Kier molecular flexibility index (Phi) is 10.5. The van der Waals surface area contributed by atoms with Gasteiger partial charge in [0.05, 0.1) is 7.11 Å². The molecular formula is C28H33NO7. The van der Waals surface area contributed by atoms with Gasteiger partial charge in [0.25, 0.3) is 0 Å². The monoisotopic (exact) mass is 495 g/mol. The summed E-state index contributed by atoms with van der Waals surface area (Å²) in [5, 5.41) is 12.8. The van der Waals surface area contributed by atoms with Gasteiger partial charge in [-0.25, -0.2) is 14.4 Å². The summed E-state index contributed by atoms with van der Waals surface area (Å²) >= 11 is 0. The molecule has 0 spiro atoms. The Morgan fingerprint density at radius 1 is 1.00 bits per heavy atom. The zero-order chi connectivity index (χ0) is 25.8. The molecule has 0 heterocycles. The first-order chi connectivity index (χ1) is 17.5. The van der Waals surface area contributed by atoms with Gasteiger partial charge >= 0.3 is 18.0 Å². The topological polar surface area (TPSA) is 111 Å². The normalized spacial score (nSPS) is 19.2. The van der Waals surface area contributed by atoms with Gasteiger partial charge in [-0.1, -0.05) is 79.2 Å². The molecule has 0 saturated heterocycles. The predicted octanol–water partition coefficient (Wildman–Crippen LogP) is 4.03. The Bertz CT molecular complexity index is 1010. The number of ether oxygens (including phenoxy) is 3. The fourth-order valence-electron chi connectivity index (χ4n) is 4.19. The lowest BCUT2D eigenvalue weighted by Gasteiger charge is -2.32. The molecule has 4 atom stereocenters. The van der Waals surface area contributed by atoms with E-state index in [-0.39, 0.29) is 25.0 Å². The summed E-state index contributed by atoms with van der Waals surface area (Å²) < 4.78 is 15.5. The standard InChI is InChI=1S/C28H33NO7/c1-34-26(31)23(29-28(33)35-19-20-11-4-2-5-12-20)16-10-17-24(30)27(32)36-25-18-9-8-15-22(25)21-13-6-3-7-14-21/h2-7,10-14,16,22-25,30H,8-9,15,17-19H2,1H3,(H,29,33)/b16-10+/t22-,23+,24+,25+/m1/s1. The molecule has 1 saturated carbocycles. The van der Waals surface area contributed by atoms with E-state index in [0.29, 0.717) is 0 Å². The number of esters is 2. The molecule has 36 heavy (non-hydrogen) atoms. The minimum atomic E-state index is -1.40. The van der Waals surface area contributed by atoms with Crippen molar-refractivity contribution in [1.82, 2.24) is 5.32 Å². The molecule has 2 N–H and O–H groups in total. The van der Waals surface area contributed by atoms with Crippen LogP contribution in [-0.4, -0.2) is 48.5 Å². The van der Waals surface area contributed by atoms with Gasteiger partial charge in [-0.3, -0.25) is 0 Å². The van der Waals surface area contributed by atoms with Gasteiger partial charge in [-0.15, -0.1) is 0 Å². The maximum Gasteiger partial charge on any atom is 0.408 e. The van der Waals surface area contributed by atoms with E-state index in [4.69, 9.17) is 14.2 Å². The minimum absolute atomic E-state index is 0.0416. The van der Waals surface area contributed by atoms with E-state index in [2.05, 4.69) is 5.32 Å². The number of amides is 1. The summed E-state index contributed by atoms with van der Waals surface area (Å²) in [4.78, 5) is 36.8. The number of rotatable bonds is 10. The molecule has 1 fully saturated rings. The van der Waals surface area contributed by atoms with E-state index < -0.39 is 30.2 Å². The molecule has 2 aromatic rings. The van der Waals surface area contributed by atoms with Crippen molar-refractivity contribution in [2.75, 3.05) is 7.11 Å². The smallest absolute Gasteiger partial charge is 0.408 e. The van der Waals surface area contributed by atoms with Crippen molar-refractivity contribution in [1.29, 1.82) is 0 Å². The second-order valence-electron chi connectivity index (χ2n) is 8.66. The molecule has 3 rings (SSSR count). The zero-order valence-electron chi connectivity index (χ0n) is 20.4. The quantitative estimate of drug-likeness (QED) is 0.291. The summed E-state index contributed by atoms with van der Waals surface area (Å²) in [5.74, 6) is -1.33. The lowest BCUT2D eigenvalue weighted by Crippen LogP contribution is -2.40. The van der Waals surface area contributed by atoms with E-state index in [1.54, 1.807) is 12.1 Å². The first kappa shape index (κ1) is 26.9. The Hall–Kier alpha value is -3.65. The van der Waals surface area contributed by atoms with Crippen LogP contribution in [0.25, 0.3) is 0 Å². The number of nitrogens with one attached hydrogen (secondary N) is 1. The highest BCUT2D eigenvalue weighted by molar-refractivity contribution is 5.83. The van der Waals surface area contributed by atoms with Crippen LogP contribution in [0, 0.1) is 0 Å². The molecule has 8 heteroatoms. The third-order valence-electron chi connectivity index (χ3n) is 6.10. The molecule has 1 amide bonds. The molecule has 1 aliphatic rings. The molecule has 0 aliphatic heterocycles. The van der Waals surface area contributed by atoms with Crippen molar-refractivity contribution < 1.29 is 33.7 Å². The number of carbonyl (C=O) groups is 3. The SMILES string of the molecule is COC(=O)[C@H](/C=C/C[C@H](O)C(=O)O[C@H]1CCCC[C@@H]1c1ccccc1)NC(=O)OCc1ccccc1. The summed E-state index contributed by atoms with van der Waals surface area (Å²) in [7, 11) is 1.19. The fourth-order valence-corrected chi connectivity index (χ4v) is 4.19. The summed E-state index contributed by atoms with van der Waals surface area (Å²) in [6, 6.07) is 17.9. The van der Waals surface area contributed by atoms with Crippen LogP contribution in [0.3, 0.4) is 0 Å². The number of hydrogen-bond acceptors (Lipinski definition) is 7. The van der Waals surface area contributed by atoms with Crippen LogP contribution in [-0.2, 0) is 30.4 Å². The third kappa shape index (κ3) is 8.23. The van der Waals surface area contributed by atoms with Crippen molar-refractivity contribution in [2.45, 2.75) is 62.9 Å². The molecule has 0 unspecified atom stereocenters. The molecule has 0 aromatic heterocycles. The number of aliphatic hydroxyl groups excluding tert-OH is 1. The molecule has 0 bridgehead atoms. The highest BCUT2D eigenvalue weighted by Gasteiger charge is 2.31. The molecule has 192 valence electrons. The maximum atomic E-state index is 12.6. The number of aliphatic hydroxyl groups is 1. The van der Waals surface area contributed by atoms with E-state index in [1.165, 1.54) is 19.3 Å². The first-order valence-corrected chi connectivity index (χ1v) is 12.1. The van der Waals surface area contributed by atoms with Crippen molar-refractivity contribution in [3.8, 4) is 0 Å². The molecule has 1 aliphatic carbocycles. The van der Waals surface area contributed by atoms with Gasteiger partial charge in [-0.2, -0.15) is 0 Å². The van der Waals surface area contributed by atoms with E-state index in [1.807, 2.05) is 48.5 Å². The number of hydrogen-bond donors (Lipinski definition) is 2. The van der Waals surface area contributed by atoms with Gasteiger partial charge in [0.2, 0.25) is 0 Å². The van der Waals surface area contributed by atoms with Crippen molar-refractivity contribution in [3.05, 3.63) is 83.9 Å². The average molecular weight is 496 g/mol. The minimum Gasteiger partial charge on any atom is -0.467 e. The highest BCUT2D eigenvalue weighted by atomic mass is 16.6. The van der Waals surface area contributed by atoms with Crippen LogP contribution in [0.15, 0.2) is 72.8 Å². The van der Waals surface area contributed by atoms with Crippen LogP contribution in [0.2, 0.25) is 0 Å². The molecule has 0 radical (unpaired) electrons. The lowest BCUT2D eigenvalue weighted by molar-refractivity contribution is -0.161. The Morgan fingerprint density at radius 3 is 2.36 bits per heavy atom. The van der Waals surface area contributed by atoms with Crippen LogP contribution >= 0.6 is 0 Å². The van der Waals surface area contributed by atoms with E-state index >= 15 is 0 Å². The van der Waals surface area contributed by atoms with Crippen molar-refractivity contribution in [2.24, 2.45) is 0 Å². The summed E-state index contributed by atoms with van der Waals surface area (Å²) in [6.07, 6.45) is 3.88. The third-order valence-corrected chi connectivity index (χ3v) is 6.10. The molecule has 8 nitrogen and oxygen atoms in total. The van der Waals surface area contributed by atoms with Crippen LogP contribution in [0.1, 0.15) is 49.1 Å². The van der Waals surface area contributed by atoms with E-state index in [9.17, 15) is 19.5 Å². The zero-order valence-corrected chi connectivity index (χ0v) is 20.4. The van der Waals surface area contributed by atoms with Crippen molar-refractivity contribution >= 4 is 18.0 Å². The Labute approximate surface area is 211 Å². The van der Waals surface area contributed by atoms with Gasteiger partial charge < -0.3 is 24.6 Å². The largest absolute Gasteiger partial charge is 0.467 e. The van der Waals surface area contributed by atoms with Crippen molar-refractivity contribution in [3.63, 3.8) is 0 Å². The van der Waals surface area contributed by atoms with Gasteiger partial charge in [-0.05, 0) is 30.4 Å². The highest BCUT2D eigenvalue weighted by Crippen LogP contribution is 2.35. The van der Waals surface area contributed by atoms with Gasteiger partial charge in [0.15, 0.2) is 6.10 Å². The fraction of sp³-hybridized carbons (Fsp3) is 0.393. The molecular weight excluding hydrogens is 462 g/mol. The Morgan fingerprint density at radius 2 is 1.67 bits per heavy atom. The lowest BCUT2D eigenvalue weighted by atomic mass is 9.81. The first-order valence-electron chi connectivity index (χ1n) is 12.1. The van der Waals surface area contributed by atoms with Gasteiger partial charge in [0, 0.05) is 12.3 Å². The predicted molar refractivity (Wildman–Crippen MR) is 133 cm³/mol. The number of benzene rings is 2. The number of carbonyl (C=O) groups excluding carboxylic acids is 3. The van der Waals surface area contributed by atoms with Crippen LogP contribution < -0.4 is 5.32 Å². The number of methoxy groups -OCH3 is 1. The van der Waals surface area contributed by atoms with Gasteiger partial charge in [0.1, 0.15) is 18.8 Å². The number of alkyl carbamates (subject to hydrolysis) is 1. The van der Waals surface area contributed by atoms with E-state index in [0.717, 1.165) is 36.8 Å². The molecule has 2 aromatic carbocycles. The maximum absolute atomic E-state index is 12.6. The summed E-state index contributed by atoms with van der Waals surface area (Å²) in [6.45, 7) is 0.0416. The Balaban J connectivity index is 1.51. The average Bonchev–Trinajstić information content (AvgIpc) is 2.92.